The predicted molar refractivity (Wildman–Crippen MR) is 257 cm³/mol. The van der Waals surface area contributed by atoms with Gasteiger partial charge in [-0.25, -0.2) is 0 Å². The minimum Gasteiger partial charge on any atom is -0.455 e. The number of hydrogen-bond acceptors (Lipinski definition) is 2. The third kappa shape index (κ3) is 4.75. The van der Waals surface area contributed by atoms with Gasteiger partial charge in [-0.3, -0.25) is 0 Å². The first-order valence-corrected chi connectivity index (χ1v) is 21.7. The van der Waals surface area contributed by atoms with Gasteiger partial charge in [-0.05, 0) is 109 Å². The minimum absolute atomic E-state index is 0.0880. The van der Waals surface area contributed by atoms with Gasteiger partial charge in [0.05, 0.1) is 5.41 Å². The van der Waals surface area contributed by atoms with E-state index in [1.807, 2.05) is 0 Å². The van der Waals surface area contributed by atoms with Gasteiger partial charge in [-0.15, -0.1) is 0 Å². The van der Waals surface area contributed by atoms with Gasteiger partial charge in [-0.2, -0.15) is 0 Å². The molecule has 0 unspecified atom stereocenters. The molecule has 0 N–H and O–H groups in total. The number of para-hydroxylation sites is 1. The largest absolute Gasteiger partial charge is 0.455 e. The van der Waals surface area contributed by atoms with Gasteiger partial charge < -0.3 is 9.64 Å². The zero-order valence-electron chi connectivity index (χ0n) is 34.6. The van der Waals surface area contributed by atoms with E-state index in [1.165, 1.54) is 77.5 Å². The van der Waals surface area contributed by atoms with E-state index in [0.29, 0.717) is 0 Å². The second-order valence-corrected chi connectivity index (χ2v) is 17.6. The van der Waals surface area contributed by atoms with Crippen LogP contribution in [-0.4, -0.2) is 0 Å². The van der Waals surface area contributed by atoms with E-state index in [-0.39, 0.29) is 5.41 Å². The molecule has 0 amide bonds. The monoisotopic (exact) mass is 791 g/mol. The average Bonchev–Trinajstić information content (AvgIpc) is 3.74. The number of hydrogen-bond donors (Lipinski definition) is 0. The van der Waals surface area contributed by atoms with E-state index in [1.54, 1.807) is 0 Å². The number of anilines is 3. The first-order valence-electron chi connectivity index (χ1n) is 21.7. The lowest BCUT2D eigenvalue weighted by Gasteiger charge is -2.40. The summed E-state index contributed by atoms with van der Waals surface area (Å²) >= 11 is 0. The lowest BCUT2D eigenvalue weighted by atomic mass is 9.65. The van der Waals surface area contributed by atoms with Crippen LogP contribution >= 0.6 is 0 Å². The van der Waals surface area contributed by atoms with Crippen molar-refractivity contribution in [1.82, 2.24) is 0 Å². The molecule has 10 aromatic carbocycles. The molecule has 1 spiro atoms. The predicted octanol–water partition coefficient (Wildman–Crippen LogP) is 15.9. The molecule has 3 aliphatic rings. The summed E-state index contributed by atoms with van der Waals surface area (Å²) in [5.41, 5.74) is 18.0. The summed E-state index contributed by atoms with van der Waals surface area (Å²) in [5.74, 6) is 1.88. The van der Waals surface area contributed by atoms with Crippen molar-refractivity contribution in [3.63, 3.8) is 0 Å². The smallest absolute Gasteiger partial charge is 0.140 e. The average molecular weight is 792 g/mol. The van der Waals surface area contributed by atoms with Gasteiger partial charge in [0.1, 0.15) is 11.5 Å². The highest BCUT2D eigenvalue weighted by molar-refractivity contribution is 6.00. The molecule has 0 saturated heterocycles. The Balaban J connectivity index is 0.957. The Morgan fingerprint density at radius 3 is 1.53 bits per heavy atom. The summed E-state index contributed by atoms with van der Waals surface area (Å²) < 4.78 is 7.15. The Bertz CT molecular complexity index is 3380. The maximum atomic E-state index is 7.15. The molecular weight excluding hydrogens is 751 g/mol. The van der Waals surface area contributed by atoms with Crippen molar-refractivity contribution >= 4 is 38.6 Å². The molecule has 0 bridgehead atoms. The molecule has 0 atom stereocenters. The maximum Gasteiger partial charge on any atom is 0.140 e. The van der Waals surface area contributed by atoms with Crippen molar-refractivity contribution in [2.75, 3.05) is 4.90 Å². The lowest BCUT2D eigenvalue weighted by Crippen LogP contribution is -2.32. The van der Waals surface area contributed by atoms with E-state index < -0.39 is 5.41 Å². The van der Waals surface area contributed by atoms with Gasteiger partial charge in [0, 0.05) is 44.4 Å². The highest BCUT2D eigenvalue weighted by atomic mass is 16.5. The molecule has 10 aromatic rings. The Morgan fingerprint density at radius 2 is 0.839 bits per heavy atom. The summed E-state index contributed by atoms with van der Waals surface area (Å²) in [6.07, 6.45) is 0. The molecule has 1 heterocycles. The number of benzene rings is 10. The Morgan fingerprint density at radius 1 is 0.339 bits per heavy atom. The normalized spacial score (nSPS) is 14.4. The van der Waals surface area contributed by atoms with Crippen LogP contribution in [0, 0.1) is 0 Å². The van der Waals surface area contributed by atoms with Crippen LogP contribution in [0.3, 0.4) is 0 Å². The Kier molecular flexibility index (Phi) is 7.31. The fraction of sp³-hybridized carbons (Fsp3) is 0.0667. The summed E-state index contributed by atoms with van der Waals surface area (Å²) in [6, 6.07) is 78.3. The third-order valence-electron chi connectivity index (χ3n) is 14.1. The second-order valence-electron chi connectivity index (χ2n) is 17.6. The molecular formula is C60H41NO. The van der Waals surface area contributed by atoms with Gasteiger partial charge in [-0.1, -0.05) is 184 Å². The molecule has 0 fully saturated rings. The molecule has 2 heteroatoms. The third-order valence-corrected chi connectivity index (χ3v) is 14.1. The van der Waals surface area contributed by atoms with Crippen LogP contribution in [0.2, 0.25) is 0 Å². The van der Waals surface area contributed by atoms with Crippen LogP contribution in [0.25, 0.3) is 54.9 Å². The first kappa shape index (κ1) is 35.1. The topological polar surface area (TPSA) is 12.5 Å². The van der Waals surface area contributed by atoms with Crippen molar-refractivity contribution in [2.24, 2.45) is 0 Å². The molecule has 1 aliphatic heterocycles. The van der Waals surface area contributed by atoms with Gasteiger partial charge in [0.15, 0.2) is 0 Å². The van der Waals surface area contributed by atoms with Crippen LogP contribution in [0.15, 0.2) is 212 Å². The van der Waals surface area contributed by atoms with E-state index in [2.05, 4.69) is 231 Å². The quantitative estimate of drug-likeness (QED) is 0.176. The van der Waals surface area contributed by atoms with Crippen molar-refractivity contribution in [2.45, 2.75) is 24.7 Å². The van der Waals surface area contributed by atoms with E-state index in [0.717, 1.165) is 39.3 Å². The van der Waals surface area contributed by atoms with Gasteiger partial charge in [0.25, 0.3) is 0 Å². The summed E-state index contributed by atoms with van der Waals surface area (Å²) in [7, 11) is 0. The molecule has 13 rings (SSSR count). The van der Waals surface area contributed by atoms with Gasteiger partial charge >= 0.3 is 0 Å². The van der Waals surface area contributed by atoms with E-state index in [4.69, 9.17) is 4.74 Å². The number of ether oxygens (including phenoxy) is 1. The molecule has 2 nitrogen and oxygen atoms in total. The zero-order chi connectivity index (χ0) is 41.2. The molecule has 0 saturated carbocycles. The fourth-order valence-electron chi connectivity index (χ4n) is 11.2. The molecule has 292 valence electrons. The SMILES string of the molecule is CC1(C)c2ccccc2-c2ccc(N(c3ccccc3)c3ccc(-c4ccc5c(c4)-c4ccccc4C54c5ccc6ccccc6c5Oc5c4ccc4ccccc54)cc3)cc21. The van der Waals surface area contributed by atoms with Crippen LogP contribution in [-0.2, 0) is 10.8 Å². The van der Waals surface area contributed by atoms with Crippen LogP contribution in [0.1, 0.15) is 47.2 Å². The molecule has 0 aromatic heterocycles. The van der Waals surface area contributed by atoms with Crippen LogP contribution in [0.4, 0.5) is 17.1 Å². The van der Waals surface area contributed by atoms with E-state index in [9.17, 15) is 0 Å². The summed E-state index contributed by atoms with van der Waals surface area (Å²) in [4.78, 5) is 2.39. The summed E-state index contributed by atoms with van der Waals surface area (Å²) in [5, 5.41) is 4.60. The lowest BCUT2D eigenvalue weighted by molar-refractivity contribution is 0.447. The number of nitrogens with zero attached hydrogens (tertiary/aromatic N) is 1. The van der Waals surface area contributed by atoms with Crippen molar-refractivity contribution in [3.05, 3.63) is 246 Å². The number of rotatable bonds is 4. The van der Waals surface area contributed by atoms with Crippen molar-refractivity contribution < 1.29 is 4.74 Å². The zero-order valence-corrected chi connectivity index (χ0v) is 34.6. The van der Waals surface area contributed by atoms with Crippen molar-refractivity contribution in [3.8, 4) is 44.9 Å². The molecule has 0 radical (unpaired) electrons. The van der Waals surface area contributed by atoms with Crippen LogP contribution in [0.5, 0.6) is 11.5 Å². The van der Waals surface area contributed by atoms with Gasteiger partial charge in [0.2, 0.25) is 0 Å². The van der Waals surface area contributed by atoms with E-state index >= 15 is 0 Å². The van der Waals surface area contributed by atoms with Crippen LogP contribution < -0.4 is 9.64 Å². The minimum atomic E-state index is -0.562. The Hall–Kier alpha value is -7.68. The van der Waals surface area contributed by atoms with Crippen molar-refractivity contribution in [1.29, 1.82) is 0 Å². The highest BCUT2D eigenvalue weighted by Gasteiger charge is 2.52. The highest BCUT2D eigenvalue weighted by Crippen LogP contribution is 2.64. The molecule has 2 aliphatic carbocycles. The maximum absolute atomic E-state index is 7.15. The number of fused-ring (bicyclic) bond motifs is 16. The molecule has 62 heavy (non-hydrogen) atoms. The second kappa shape index (κ2) is 12.9. The Labute approximate surface area is 362 Å². The first-order chi connectivity index (χ1) is 30.5. The summed E-state index contributed by atoms with van der Waals surface area (Å²) in [6.45, 7) is 4.70. The standard InChI is InChI=1S/C60H41NO/c1-59(2)51-22-12-10-20-47(51)49-32-31-44(37-56(49)59)61(42-16-4-3-5-17-42)43-29-24-38(25-30-43)41-28-33-53-50(36-41)48-21-11-13-23-52(48)60(53)54-34-26-39-14-6-8-18-45(39)57(54)62-58-46-19-9-7-15-40(46)27-35-55(58)60/h3-37H,1-2H3. The fourth-order valence-corrected chi connectivity index (χ4v) is 11.2.